The average molecular weight is 172 g/mol. The molecule has 2 aromatic heterocycles. The highest BCUT2D eigenvalue weighted by Crippen LogP contribution is 2.33. The third-order valence-electron chi connectivity index (χ3n) is 1.50. The van der Waals surface area contributed by atoms with E-state index in [1.165, 1.54) is 9.58 Å². The van der Waals surface area contributed by atoms with Crippen LogP contribution < -0.4 is 0 Å². The normalized spacial score (nSPS) is 11.0. The van der Waals surface area contributed by atoms with Gasteiger partial charge in [-0.1, -0.05) is 11.6 Å². The maximum Gasteiger partial charge on any atom is 0.0783 e. The average Bonchev–Trinajstić information content (AvgIpc) is 2.41. The Morgan fingerprint density at radius 3 is 3.10 bits per heavy atom. The van der Waals surface area contributed by atoms with Crippen molar-refractivity contribution in [3.63, 3.8) is 0 Å². The smallest absolute Gasteiger partial charge is 0.0783 e. The summed E-state index contributed by atoms with van der Waals surface area (Å²) in [4.78, 5) is 4.27. The predicted octanol–water partition coefficient (Wildman–Crippen LogP) is 3.19. The van der Waals surface area contributed by atoms with Gasteiger partial charge in [-0.2, -0.15) is 0 Å². The molecule has 1 N–H and O–H groups in total. The topological polar surface area (TPSA) is 15.8 Å². The lowest BCUT2D eigenvalue weighted by atomic mass is 10.4. The summed E-state index contributed by atoms with van der Waals surface area (Å²) in [6.07, 6.45) is 1.91. The van der Waals surface area contributed by atoms with E-state index in [0.29, 0.717) is 0 Å². The van der Waals surface area contributed by atoms with Crippen molar-refractivity contribution in [3.05, 3.63) is 22.2 Å². The van der Waals surface area contributed by atoms with Crippen LogP contribution in [-0.2, 0) is 0 Å². The Hall–Kier alpha value is -0.470. The van der Waals surface area contributed by atoms with Crippen LogP contribution in [0.2, 0.25) is 5.02 Å². The first-order chi connectivity index (χ1) is 4.79. The Balaban J connectivity index is 2.95. The largest absolute Gasteiger partial charge is 0.359 e. The van der Waals surface area contributed by atoms with E-state index in [9.17, 15) is 0 Å². The third-order valence-corrected chi connectivity index (χ3v) is 3.16. The van der Waals surface area contributed by atoms with E-state index in [4.69, 9.17) is 11.6 Å². The standard InChI is InChI=1S/C7H6ClNS/c1-4-6(8)7-5(10-4)2-3-9-7/h2-3,9H,1H3. The van der Waals surface area contributed by atoms with Crippen LogP contribution in [0.25, 0.3) is 10.2 Å². The van der Waals surface area contributed by atoms with Crippen molar-refractivity contribution in [3.8, 4) is 0 Å². The number of halogens is 1. The van der Waals surface area contributed by atoms with Crippen molar-refractivity contribution < 1.29 is 0 Å². The fourth-order valence-corrected chi connectivity index (χ4v) is 2.25. The number of aromatic nitrogens is 1. The molecule has 2 aromatic rings. The van der Waals surface area contributed by atoms with Gasteiger partial charge < -0.3 is 4.98 Å². The minimum absolute atomic E-state index is 0.866. The first kappa shape index (κ1) is 6.25. The molecule has 0 aromatic carbocycles. The number of fused-ring (bicyclic) bond motifs is 1. The number of hydrogen-bond donors (Lipinski definition) is 1. The van der Waals surface area contributed by atoms with Gasteiger partial charge in [0.05, 0.1) is 15.2 Å². The first-order valence-corrected chi connectivity index (χ1v) is 4.20. The molecule has 3 heteroatoms. The molecule has 0 radical (unpaired) electrons. The third kappa shape index (κ3) is 0.693. The quantitative estimate of drug-likeness (QED) is 0.627. The first-order valence-electron chi connectivity index (χ1n) is 3.01. The molecule has 0 fully saturated rings. The van der Waals surface area contributed by atoms with Crippen LogP contribution in [0.3, 0.4) is 0 Å². The molecule has 0 aliphatic carbocycles. The van der Waals surface area contributed by atoms with Crippen LogP contribution in [0, 0.1) is 6.92 Å². The fourth-order valence-electron chi connectivity index (χ4n) is 0.997. The maximum absolute atomic E-state index is 5.96. The molecule has 0 amide bonds. The summed E-state index contributed by atoms with van der Waals surface area (Å²) >= 11 is 7.68. The number of rotatable bonds is 0. The predicted molar refractivity (Wildman–Crippen MR) is 45.9 cm³/mol. The van der Waals surface area contributed by atoms with E-state index in [0.717, 1.165) is 10.5 Å². The second-order valence-electron chi connectivity index (χ2n) is 2.19. The number of nitrogens with one attached hydrogen (secondary N) is 1. The SMILES string of the molecule is Cc1sc2cc[nH]c2c1Cl. The highest BCUT2D eigenvalue weighted by atomic mass is 35.5. The number of aryl methyl sites for hydroxylation is 1. The fraction of sp³-hybridized carbons (Fsp3) is 0.143. The molecule has 0 spiro atoms. The van der Waals surface area contributed by atoms with E-state index in [1.54, 1.807) is 11.3 Å². The lowest BCUT2D eigenvalue weighted by Gasteiger charge is -1.81. The molecule has 52 valence electrons. The van der Waals surface area contributed by atoms with E-state index in [-0.39, 0.29) is 0 Å². The van der Waals surface area contributed by atoms with Gasteiger partial charge in [0.25, 0.3) is 0 Å². The van der Waals surface area contributed by atoms with Gasteiger partial charge in [-0.25, -0.2) is 0 Å². The summed E-state index contributed by atoms with van der Waals surface area (Å²) in [7, 11) is 0. The molecule has 0 saturated carbocycles. The molecular formula is C7H6ClNS. The lowest BCUT2D eigenvalue weighted by molar-refractivity contribution is 1.47. The van der Waals surface area contributed by atoms with E-state index in [2.05, 4.69) is 4.98 Å². The molecule has 0 unspecified atom stereocenters. The zero-order chi connectivity index (χ0) is 7.14. The number of hydrogen-bond acceptors (Lipinski definition) is 1. The van der Waals surface area contributed by atoms with Crippen LogP contribution in [0.15, 0.2) is 12.3 Å². The Kier molecular flexibility index (Phi) is 1.25. The Bertz CT molecular complexity index is 360. The molecule has 2 rings (SSSR count). The molecule has 0 bridgehead atoms. The van der Waals surface area contributed by atoms with Gasteiger partial charge in [0, 0.05) is 11.1 Å². The van der Waals surface area contributed by atoms with Crippen molar-refractivity contribution in [1.82, 2.24) is 4.98 Å². The summed E-state index contributed by atoms with van der Waals surface area (Å²) in [6.45, 7) is 2.03. The molecule has 0 atom stereocenters. The van der Waals surface area contributed by atoms with Crippen LogP contribution in [0.1, 0.15) is 4.88 Å². The van der Waals surface area contributed by atoms with Crippen molar-refractivity contribution in [2.45, 2.75) is 6.92 Å². The second kappa shape index (κ2) is 2.01. The summed E-state index contributed by atoms with van der Waals surface area (Å²) in [6, 6.07) is 2.04. The Morgan fingerprint density at radius 1 is 1.60 bits per heavy atom. The van der Waals surface area contributed by atoms with Crippen LogP contribution in [-0.4, -0.2) is 4.98 Å². The van der Waals surface area contributed by atoms with Gasteiger partial charge >= 0.3 is 0 Å². The molecule has 10 heavy (non-hydrogen) atoms. The highest BCUT2D eigenvalue weighted by Gasteiger charge is 2.05. The second-order valence-corrected chi connectivity index (χ2v) is 3.82. The lowest BCUT2D eigenvalue weighted by Crippen LogP contribution is -1.61. The monoisotopic (exact) mass is 171 g/mol. The molecule has 0 saturated heterocycles. The summed E-state index contributed by atoms with van der Waals surface area (Å²) in [5.74, 6) is 0. The van der Waals surface area contributed by atoms with Crippen LogP contribution in [0.5, 0.6) is 0 Å². The molecule has 0 aliphatic rings. The highest BCUT2D eigenvalue weighted by molar-refractivity contribution is 7.19. The Morgan fingerprint density at radius 2 is 2.40 bits per heavy atom. The number of H-pyrrole nitrogens is 1. The van der Waals surface area contributed by atoms with Gasteiger partial charge in [-0.05, 0) is 13.0 Å². The maximum atomic E-state index is 5.96. The Labute approximate surface area is 67.6 Å². The molecule has 1 nitrogen and oxygen atoms in total. The van der Waals surface area contributed by atoms with Gasteiger partial charge in [0.15, 0.2) is 0 Å². The molecule has 2 heterocycles. The van der Waals surface area contributed by atoms with Crippen LogP contribution >= 0.6 is 22.9 Å². The minimum Gasteiger partial charge on any atom is -0.359 e. The number of aromatic amines is 1. The van der Waals surface area contributed by atoms with Gasteiger partial charge in [0.1, 0.15) is 0 Å². The number of thiophene rings is 1. The van der Waals surface area contributed by atoms with Gasteiger partial charge in [-0.15, -0.1) is 11.3 Å². The summed E-state index contributed by atoms with van der Waals surface area (Å²) < 4.78 is 1.24. The van der Waals surface area contributed by atoms with Crippen LogP contribution in [0.4, 0.5) is 0 Å². The molecule has 0 aliphatic heterocycles. The van der Waals surface area contributed by atoms with Crippen molar-refractivity contribution >= 4 is 33.2 Å². The minimum atomic E-state index is 0.866. The van der Waals surface area contributed by atoms with E-state index < -0.39 is 0 Å². The van der Waals surface area contributed by atoms with Crippen molar-refractivity contribution in [2.24, 2.45) is 0 Å². The van der Waals surface area contributed by atoms with Gasteiger partial charge in [-0.3, -0.25) is 0 Å². The zero-order valence-electron chi connectivity index (χ0n) is 5.44. The zero-order valence-corrected chi connectivity index (χ0v) is 7.01. The molecular weight excluding hydrogens is 166 g/mol. The summed E-state index contributed by atoms with van der Waals surface area (Å²) in [5, 5.41) is 0.866. The summed E-state index contributed by atoms with van der Waals surface area (Å²) in [5.41, 5.74) is 1.07. The van der Waals surface area contributed by atoms with E-state index in [1.807, 2.05) is 19.2 Å². The van der Waals surface area contributed by atoms with Gasteiger partial charge in [0.2, 0.25) is 0 Å². The van der Waals surface area contributed by atoms with Crippen molar-refractivity contribution in [1.29, 1.82) is 0 Å². The van der Waals surface area contributed by atoms with E-state index >= 15 is 0 Å². The van der Waals surface area contributed by atoms with Crippen molar-refractivity contribution in [2.75, 3.05) is 0 Å².